The second-order valence-electron chi connectivity index (χ2n) is 5.50. The minimum absolute atomic E-state index is 0.0447. The van der Waals surface area contributed by atoms with Crippen molar-refractivity contribution in [3.05, 3.63) is 33.1 Å². The lowest BCUT2D eigenvalue weighted by molar-refractivity contribution is -0.385. The zero-order valence-electron chi connectivity index (χ0n) is 11.3. The molecule has 0 unspecified atom stereocenters. The average Bonchev–Trinajstić information content (AvgIpc) is 2.25. The van der Waals surface area contributed by atoms with Crippen molar-refractivity contribution >= 4 is 23.2 Å². The Morgan fingerprint density at radius 1 is 1.53 bits per heavy atom. The highest BCUT2D eigenvalue weighted by molar-refractivity contribution is 6.29. The fourth-order valence-electron chi connectivity index (χ4n) is 1.73. The number of pyridine rings is 1. The number of nitro groups is 1. The maximum atomic E-state index is 12.2. The molecule has 0 radical (unpaired) electrons. The van der Waals surface area contributed by atoms with E-state index in [1.165, 1.54) is 11.0 Å². The molecule has 0 atom stereocenters. The van der Waals surface area contributed by atoms with Crippen molar-refractivity contribution in [2.24, 2.45) is 5.41 Å². The fourth-order valence-corrected chi connectivity index (χ4v) is 1.89. The van der Waals surface area contributed by atoms with Gasteiger partial charge in [0.2, 0.25) is 0 Å². The molecule has 0 fully saturated rings. The normalized spacial score (nSPS) is 11.2. The molecule has 1 rings (SSSR count). The summed E-state index contributed by atoms with van der Waals surface area (Å²) in [6.45, 7) is 6.41. The third-order valence-electron chi connectivity index (χ3n) is 2.33. The molecule has 104 valence electrons. The molecule has 0 bridgehead atoms. The Labute approximate surface area is 116 Å². The molecule has 1 aromatic heterocycles. The maximum Gasteiger partial charge on any atom is 0.300 e. The summed E-state index contributed by atoms with van der Waals surface area (Å²) in [6.07, 6.45) is 1.00. The lowest BCUT2D eigenvalue weighted by Crippen LogP contribution is -2.34. The summed E-state index contributed by atoms with van der Waals surface area (Å²) in [7, 11) is 1.60. The molecule has 1 amide bonds. The fraction of sp³-hybridized carbons (Fsp3) is 0.500. The molecule has 0 aromatic carbocycles. The molecule has 0 aliphatic heterocycles. The van der Waals surface area contributed by atoms with Crippen LogP contribution in [0.3, 0.4) is 0 Å². The number of amides is 1. The molecular formula is C12H16ClN3O3. The number of halogens is 1. The molecule has 19 heavy (non-hydrogen) atoms. The molecule has 0 saturated carbocycles. The lowest BCUT2D eigenvalue weighted by atomic mass is 9.96. The van der Waals surface area contributed by atoms with E-state index in [2.05, 4.69) is 4.98 Å². The standard InChI is InChI=1S/C12H16ClN3O3/c1-12(2,3)7-15(4)11(17)8-5-10(13)14-6-9(8)16(18)19/h5-6H,7H2,1-4H3. The van der Waals surface area contributed by atoms with E-state index in [4.69, 9.17) is 11.6 Å². The predicted octanol–water partition coefficient (Wildman–Crippen LogP) is 2.76. The first-order valence-electron chi connectivity index (χ1n) is 5.67. The molecule has 0 aliphatic rings. The Morgan fingerprint density at radius 2 is 2.11 bits per heavy atom. The Kier molecular flexibility index (Phi) is 4.47. The maximum absolute atomic E-state index is 12.2. The van der Waals surface area contributed by atoms with Gasteiger partial charge >= 0.3 is 0 Å². The van der Waals surface area contributed by atoms with Gasteiger partial charge in [0.15, 0.2) is 0 Å². The summed E-state index contributed by atoms with van der Waals surface area (Å²) < 4.78 is 0. The van der Waals surface area contributed by atoms with Gasteiger partial charge in [-0.3, -0.25) is 14.9 Å². The van der Waals surface area contributed by atoms with Crippen LogP contribution in [-0.4, -0.2) is 34.3 Å². The number of hydrogen-bond donors (Lipinski definition) is 0. The van der Waals surface area contributed by atoms with Gasteiger partial charge in [0.1, 0.15) is 16.9 Å². The minimum atomic E-state index is -0.637. The molecular weight excluding hydrogens is 270 g/mol. The summed E-state index contributed by atoms with van der Waals surface area (Å²) >= 11 is 5.70. The highest BCUT2D eigenvalue weighted by atomic mass is 35.5. The molecule has 1 aromatic rings. The minimum Gasteiger partial charge on any atom is -0.341 e. The van der Waals surface area contributed by atoms with E-state index in [1.807, 2.05) is 20.8 Å². The summed E-state index contributed by atoms with van der Waals surface area (Å²) in [4.78, 5) is 27.6. The third kappa shape index (κ3) is 4.17. The van der Waals surface area contributed by atoms with Gasteiger partial charge in [-0.1, -0.05) is 32.4 Å². The van der Waals surface area contributed by atoms with Crippen LogP contribution in [0.25, 0.3) is 0 Å². The smallest absolute Gasteiger partial charge is 0.300 e. The van der Waals surface area contributed by atoms with Crippen LogP contribution in [0, 0.1) is 15.5 Å². The molecule has 0 aliphatic carbocycles. The van der Waals surface area contributed by atoms with Gasteiger partial charge in [0, 0.05) is 13.6 Å². The molecule has 0 N–H and O–H groups in total. The van der Waals surface area contributed by atoms with Gasteiger partial charge in [-0.2, -0.15) is 0 Å². The van der Waals surface area contributed by atoms with Crippen LogP contribution in [0.5, 0.6) is 0 Å². The summed E-state index contributed by atoms with van der Waals surface area (Å²) in [6, 6.07) is 1.22. The lowest BCUT2D eigenvalue weighted by Gasteiger charge is -2.26. The molecule has 7 heteroatoms. The van der Waals surface area contributed by atoms with E-state index in [-0.39, 0.29) is 21.8 Å². The van der Waals surface area contributed by atoms with Crippen molar-refractivity contribution in [1.29, 1.82) is 0 Å². The Hall–Kier alpha value is -1.69. The van der Waals surface area contributed by atoms with Crippen molar-refractivity contribution in [3.8, 4) is 0 Å². The Morgan fingerprint density at radius 3 is 2.58 bits per heavy atom. The predicted molar refractivity (Wildman–Crippen MR) is 72.3 cm³/mol. The van der Waals surface area contributed by atoms with Gasteiger partial charge in [-0.25, -0.2) is 4.98 Å². The first-order chi connectivity index (χ1) is 8.61. The van der Waals surface area contributed by atoms with E-state index < -0.39 is 10.8 Å². The highest BCUT2D eigenvalue weighted by Gasteiger charge is 2.26. The van der Waals surface area contributed by atoms with E-state index in [1.54, 1.807) is 7.05 Å². The van der Waals surface area contributed by atoms with Crippen molar-refractivity contribution in [2.75, 3.05) is 13.6 Å². The summed E-state index contributed by atoms with van der Waals surface area (Å²) in [5, 5.41) is 11.0. The van der Waals surface area contributed by atoms with E-state index in [9.17, 15) is 14.9 Å². The number of aromatic nitrogens is 1. The first kappa shape index (κ1) is 15.4. The number of carbonyl (C=O) groups excluding carboxylic acids is 1. The average molecular weight is 286 g/mol. The van der Waals surface area contributed by atoms with Gasteiger partial charge in [0.25, 0.3) is 11.6 Å². The number of carbonyl (C=O) groups is 1. The van der Waals surface area contributed by atoms with Crippen molar-refractivity contribution < 1.29 is 9.72 Å². The topological polar surface area (TPSA) is 76.3 Å². The third-order valence-corrected chi connectivity index (χ3v) is 2.54. The molecule has 6 nitrogen and oxygen atoms in total. The number of rotatable bonds is 3. The second-order valence-corrected chi connectivity index (χ2v) is 5.89. The van der Waals surface area contributed by atoms with Crippen LogP contribution in [0.15, 0.2) is 12.3 Å². The SMILES string of the molecule is CN(CC(C)(C)C)C(=O)c1cc(Cl)ncc1[N+](=O)[O-]. The van der Waals surface area contributed by atoms with E-state index >= 15 is 0 Å². The Bertz CT molecular complexity index is 511. The van der Waals surface area contributed by atoms with Crippen molar-refractivity contribution in [2.45, 2.75) is 20.8 Å². The van der Waals surface area contributed by atoms with Crippen molar-refractivity contribution in [1.82, 2.24) is 9.88 Å². The number of hydrogen-bond acceptors (Lipinski definition) is 4. The van der Waals surface area contributed by atoms with Crippen LogP contribution < -0.4 is 0 Å². The molecule has 0 saturated heterocycles. The quantitative estimate of drug-likeness (QED) is 0.486. The summed E-state index contributed by atoms with van der Waals surface area (Å²) in [5.41, 5.74) is -0.484. The largest absolute Gasteiger partial charge is 0.341 e. The molecule has 1 heterocycles. The monoisotopic (exact) mass is 285 g/mol. The first-order valence-corrected chi connectivity index (χ1v) is 6.05. The summed E-state index contributed by atoms with van der Waals surface area (Å²) in [5.74, 6) is -0.439. The molecule has 0 spiro atoms. The van der Waals surface area contributed by atoms with Gasteiger partial charge in [-0.15, -0.1) is 0 Å². The van der Waals surface area contributed by atoms with Gasteiger partial charge in [0.05, 0.1) is 4.92 Å². The second kappa shape index (κ2) is 5.52. The van der Waals surface area contributed by atoms with Crippen LogP contribution in [-0.2, 0) is 0 Å². The van der Waals surface area contributed by atoms with E-state index in [0.717, 1.165) is 6.20 Å². The zero-order chi connectivity index (χ0) is 14.8. The van der Waals surface area contributed by atoms with Crippen molar-refractivity contribution in [3.63, 3.8) is 0 Å². The Balaban J connectivity index is 3.11. The zero-order valence-corrected chi connectivity index (χ0v) is 12.1. The van der Waals surface area contributed by atoms with Gasteiger partial charge < -0.3 is 4.90 Å². The van der Waals surface area contributed by atoms with Crippen LogP contribution in [0.4, 0.5) is 5.69 Å². The van der Waals surface area contributed by atoms with Crippen LogP contribution >= 0.6 is 11.6 Å². The highest BCUT2D eigenvalue weighted by Crippen LogP contribution is 2.23. The van der Waals surface area contributed by atoms with Gasteiger partial charge in [-0.05, 0) is 11.5 Å². The van der Waals surface area contributed by atoms with Crippen LogP contribution in [0.1, 0.15) is 31.1 Å². The van der Waals surface area contributed by atoms with Crippen LogP contribution in [0.2, 0.25) is 5.15 Å². The van der Waals surface area contributed by atoms with E-state index in [0.29, 0.717) is 6.54 Å². The number of nitrogens with zero attached hydrogens (tertiary/aromatic N) is 3.